The molecule has 0 spiro atoms. The summed E-state index contributed by atoms with van der Waals surface area (Å²) in [5, 5.41) is 4.69. The van der Waals surface area contributed by atoms with Gasteiger partial charge in [0.25, 0.3) is 0 Å². The molecule has 0 aromatic carbocycles. The molecule has 1 saturated heterocycles. The first kappa shape index (κ1) is 13.2. The van der Waals surface area contributed by atoms with Crippen LogP contribution in [-0.4, -0.2) is 37.2 Å². The Balaban J connectivity index is 1.78. The van der Waals surface area contributed by atoms with Crippen LogP contribution >= 0.6 is 11.8 Å². The molecule has 1 N–H and O–H groups in total. The van der Waals surface area contributed by atoms with Crippen molar-refractivity contribution in [3.63, 3.8) is 0 Å². The van der Waals surface area contributed by atoms with E-state index in [1.165, 1.54) is 25.0 Å². The van der Waals surface area contributed by atoms with Crippen molar-refractivity contribution in [1.82, 2.24) is 5.32 Å². The van der Waals surface area contributed by atoms with E-state index in [0.29, 0.717) is 17.4 Å². The molecular formula is C13H24N2OS. The minimum absolute atomic E-state index is 0.473. The van der Waals surface area contributed by atoms with Crippen LogP contribution in [0.1, 0.15) is 33.1 Å². The predicted octanol–water partition coefficient (Wildman–Crippen LogP) is 2.52. The maximum absolute atomic E-state index is 5.17. The van der Waals surface area contributed by atoms with E-state index < -0.39 is 0 Å². The summed E-state index contributed by atoms with van der Waals surface area (Å²) < 4.78 is 5.17. The number of thioether (sulfide) groups is 1. The molecule has 98 valence electrons. The number of rotatable bonds is 6. The number of hydrogen-bond acceptors (Lipinski definition) is 3. The maximum Gasteiger partial charge on any atom is 0.156 e. The third kappa shape index (κ3) is 3.62. The Morgan fingerprint density at radius 2 is 2.29 bits per heavy atom. The molecule has 0 bridgehead atoms. The van der Waals surface area contributed by atoms with Crippen LogP contribution in [0.15, 0.2) is 4.99 Å². The van der Waals surface area contributed by atoms with Gasteiger partial charge in [0.1, 0.15) is 0 Å². The predicted molar refractivity (Wildman–Crippen MR) is 74.7 cm³/mol. The number of nitrogens with one attached hydrogen (secondary N) is 1. The molecule has 0 aromatic heterocycles. The van der Waals surface area contributed by atoms with E-state index in [2.05, 4.69) is 19.2 Å². The topological polar surface area (TPSA) is 33.6 Å². The molecule has 0 radical (unpaired) electrons. The van der Waals surface area contributed by atoms with Gasteiger partial charge in [0.05, 0.1) is 0 Å². The monoisotopic (exact) mass is 256 g/mol. The lowest BCUT2D eigenvalue weighted by Crippen LogP contribution is -2.31. The normalized spacial score (nSPS) is 28.7. The number of ether oxygens (including phenoxy) is 1. The smallest absolute Gasteiger partial charge is 0.156 e. The first-order chi connectivity index (χ1) is 8.15. The summed E-state index contributed by atoms with van der Waals surface area (Å²) in [6.45, 7) is 6.39. The minimum Gasteiger partial charge on any atom is -0.385 e. The average Bonchev–Trinajstić information content (AvgIpc) is 2.91. The van der Waals surface area contributed by atoms with Crippen molar-refractivity contribution in [3.8, 4) is 0 Å². The van der Waals surface area contributed by atoms with Crippen LogP contribution in [0.3, 0.4) is 0 Å². The van der Waals surface area contributed by atoms with E-state index in [9.17, 15) is 0 Å². The van der Waals surface area contributed by atoms with E-state index in [1.54, 1.807) is 7.11 Å². The summed E-state index contributed by atoms with van der Waals surface area (Å²) in [5.74, 6) is 1.86. The molecule has 2 rings (SSSR count). The molecule has 2 aliphatic rings. The van der Waals surface area contributed by atoms with Crippen LogP contribution in [0.2, 0.25) is 0 Å². The standard InChI is InChI=1S/C13H24N2OS/c1-10(2)11-8-17-12(15-11)14-9-13(4-5-13)6-7-16-3/h10-11H,4-9H2,1-3H3,(H,14,15). The van der Waals surface area contributed by atoms with Crippen molar-refractivity contribution in [2.75, 3.05) is 26.0 Å². The van der Waals surface area contributed by atoms with E-state index in [0.717, 1.165) is 18.3 Å². The van der Waals surface area contributed by atoms with Gasteiger partial charge in [0, 0.05) is 32.1 Å². The Bertz CT molecular complexity index is 287. The lowest BCUT2D eigenvalue weighted by Gasteiger charge is -2.14. The summed E-state index contributed by atoms with van der Waals surface area (Å²) in [7, 11) is 1.78. The number of hydrogen-bond donors (Lipinski definition) is 1. The Hall–Kier alpha value is -0.220. The van der Waals surface area contributed by atoms with Crippen LogP contribution < -0.4 is 5.32 Å². The van der Waals surface area contributed by atoms with E-state index >= 15 is 0 Å². The minimum atomic E-state index is 0.473. The summed E-state index contributed by atoms with van der Waals surface area (Å²) in [6.07, 6.45) is 3.81. The molecule has 1 saturated carbocycles. The van der Waals surface area contributed by atoms with Gasteiger partial charge in [-0.25, -0.2) is 0 Å². The van der Waals surface area contributed by atoms with Crippen molar-refractivity contribution < 1.29 is 4.74 Å². The Morgan fingerprint density at radius 1 is 1.53 bits per heavy atom. The molecule has 4 heteroatoms. The van der Waals surface area contributed by atoms with E-state index in [4.69, 9.17) is 9.73 Å². The Kier molecular flexibility index (Phi) is 4.36. The van der Waals surface area contributed by atoms with Gasteiger partial charge in [-0.3, -0.25) is 4.99 Å². The molecule has 17 heavy (non-hydrogen) atoms. The number of aliphatic imine (C=N–C) groups is 1. The molecule has 0 aromatic rings. The first-order valence-electron chi connectivity index (χ1n) is 6.58. The molecule has 1 heterocycles. The largest absolute Gasteiger partial charge is 0.385 e. The fourth-order valence-corrected chi connectivity index (χ4v) is 3.28. The van der Waals surface area contributed by atoms with Crippen LogP contribution in [0.5, 0.6) is 0 Å². The number of methoxy groups -OCH3 is 1. The van der Waals surface area contributed by atoms with Crippen LogP contribution in [0, 0.1) is 11.3 Å². The van der Waals surface area contributed by atoms with Crippen molar-refractivity contribution >= 4 is 16.9 Å². The van der Waals surface area contributed by atoms with Crippen molar-refractivity contribution in [1.29, 1.82) is 0 Å². The molecule has 2 fully saturated rings. The fourth-order valence-electron chi connectivity index (χ4n) is 2.08. The van der Waals surface area contributed by atoms with Gasteiger partial charge in [0.15, 0.2) is 5.17 Å². The van der Waals surface area contributed by atoms with Gasteiger partial charge in [-0.05, 0) is 30.6 Å². The van der Waals surface area contributed by atoms with Gasteiger partial charge >= 0.3 is 0 Å². The average molecular weight is 256 g/mol. The van der Waals surface area contributed by atoms with Crippen molar-refractivity contribution in [2.45, 2.75) is 39.2 Å². The summed E-state index contributed by atoms with van der Waals surface area (Å²) in [5.41, 5.74) is 0.473. The SMILES string of the molecule is COCCC1(CN=C2NC(C(C)C)CS2)CC1. The van der Waals surface area contributed by atoms with Crippen molar-refractivity contribution in [2.24, 2.45) is 16.3 Å². The van der Waals surface area contributed by atoms with Gasteiger partial charge in [0.2, 0.25) is 0 Å². The molecule has 0 amide bonds. The van der Waals surface area contributed by atoms with Gasteiger partial charge < -0.3 is 10.1 Å². The zero-order valence-corrected chi connectivity index (χ0v) is 12.0. The second kappa shape index (κ2) is 5.61. The van der Waals surface area contributed by atoms with Crippen LogP contribution in [-0.2, 0) is 4.74 Å². The molecule has 3 nitrogen and oxygen atoms in total. The molecule has 1 unspecified atom stereocenters. The first-order valence-corrected chi connectivity index (χ1v) is 7.56. The summed E-state index contributed by atoms with van der Waals surface area (Å²) in [6, 6.07) is 0.605. The highest BCUT2D eigenvalue weighted by Gasteiger charge is 2.42. The molecular weight excluding hydrogens is 232 g/mol. The zero-order valence-electron chi connectivity index (χ0n) is 11.2. The summed E-state index contributed by atoms with van der Waals surface area (Å²) >= 11 is 1.88. The Labute approximate surface area is 109 Å². The molecule has 1 aliphatic heterocycles. The molecule has 1 aliphatic carbocycles. The van der Waals surface area contributed by atoms with Gasteiger partial charge in [-0.1, -0.05) is 25.6 Å². The third-order valence-corrected chi connectivity index (χ3v) is 4.91. The highest BCUT2D eigenvalue weighted by atomic mass is 32.2. The summed E-state index contributed by atoms with van der Waals surface area (Å²) in [4.78, 5) is 4.76. The zero-order chi connectivity index (χ0) is 12.3. The van der Waals surface area contributed by atoms with Gasteiger partial charge in [-0.15, -0.1) is 0 Å². The van der Waals surface area contributed by atoms with E-state index in [1.807, 2.05) is 11.8 Å². The lowest BCUT2D eigenvalue weighted by atomic mass is 10.0. The highest BCUT2D eigenvalue weighted by Crippen LogP contribution is 2.49. The molecule has 1 atom stereocenters. The maximum atomic E-state index is 5.17. The number of nitrogens with zero attached hydrogens (tertiary/aromatic N) is 1. The second-order valence-corrected chi connectivity index (χ2v) is 6.68. The number of amidine groups is 1. The second-order valence-electron chi connectivity index (χ2n) is 5.67. The van der Waals surface area contributed by atoms with Crippen LogP contribution in [0.25, 0.3) is 0 Å². The Morgan fingerprint density at radius 3 is 2.82 bits per heavy atom. The van der Waals surface area contributed by atoms with Crippen LogP contribution in [0.4, 0.5) is 0 Å². The quantitative estimate of drug-likeness (QED) is 0.793. The lowest BCUT2D eigenvalue weighted by molar-refractivity contribution is 0.174. The van der Waals surface area contributed by atoms with E-state index in [-0.39, 0.29) is 0 Å². The van der Waals surface area contributed by atoms with Crippen molar-refractivity contribution in [3.05, 3.63) is 0 Å². The van der Waals surface area contributed by atoms with Gasteiger partial charge in [-0.2, -0.15) is 0 Å². The third-order valence-electron chi connectivity index (χ3n) is 3.86. The fraction of sp³-hybridized carbons (Fsp3) is 0.923. The highest BCUT2D eigenvalue weighted by molar-refractivity contribution is 8.14.